The van der Waals surface area contributed by atoms with E-state index >= 15 is 0 Å². The van der Waals surface area contributed by atoms with E-state index in [2.05, 4.69) is 31.2 Å². The van der Waals surface area contributed by atoms with Crippen LogP contribution in [0.1, 0.15) is 26.5 Å². The van der Waals surface area contributed by atoms with E-state index in [4.69, 9.17) is 0 Å². The highest BCUT2D eigenvalue weighted by atomic mass is 79.9. The average Bonchev–Trinajstić information content (AvgIpc) is 2.48. The molecule has 2 rings (SSSR count). The predicted octanol–water partition coefficient (Wildman–Crippen LogP) is 1.87. The van der Waals surface area contributed by atoms with Crippen molar-refractivity contribution in [3.63, 3.8) is 0 Å². The zero-order valence-electron chi connectivity index (χ0n) is 11.0. The number of hydrogen-bond donors (Lipinski definition) is 1. The number of carboxylic acid groups (broad SMARTS) is 1. The molecule has 0 aliphatic heterocycles. The molecule has 1 N–H and O–H groups in total. The monoisotopic (exact) mass is 388 g/mol. The van der Waals surface area contributed by atoms with Crippen LogP contribution in [0.15, 0.2) is 35.1 Å². The summed E-state index contributed by atoms with van der Waals surface area (Å²) in [5.41, 5.74) is -2.45. The summed E-state index contributed by atoms with van der Waals surface area (Å²) in [6, 6.07) is 3.03. The van der Waals surface area contributed by atoms with Crippen molar-refractivity contribution in [2.24, 2.45) is 0 Å². The minimum absolute atomic E-state index is 0.180. The number of aromatic nitrogens is 2. The van der Waals surface area contributed by atoms with Gasteiger partial charge in [-0.2, -0.15) is 13.2 Å². The van der Waals surface area contributed by atoms with Gasteiger partial charge < -0.3 is 15.2 Å². The maximum absolute atomic E-state index is 12.8. The Labute approximate surface area is 135 Å². The molecule has 0 aliphatic carbocycles. The summed E-state index contributed by atoms with van der Waals surface area (Å²) < 4.78 is 38.2. The fourth-order valence-electron chi connectivity index (χ4n) is 1.66. The van der Waals surface area contributed by atoms with Gasteiger partial charge in [0.05, 0.1) is 11.5 Å². The molecule has 1 aromatic carbocycles. The van der Waals surface area contributed by atoms with Crippen LogP contribution in [0, 0.1) is 0 Å². The number of nitrogens with one attached hydrogen (secondary N) is 1. The summed E-state index contributed by atoms with van der Waals surface area (Å²) >= 11 is 2.77. The lowest BCUT2D eigenvalue weighted by atomic mass is 10.2. The minimum Gasteiger partial charge on any atom is -0.543 e. The molecule has 0 radical (unpaired) electrons. The number of alkyl halides is 3. The third-order valence-corrected chi connectivity index (χ3v) is 3.33. The number of carbonyl (C=O) groups excluding carboxylic acids is 2. The van der Waals surface area contributed by atoms with Gasteiger partial charge in [-0.05, 0) is 18.2 Å². The first-order chi connectivity index (χ1) is 10.7. The number of benzene rings is 1. The van der Waals surface area contributed by atoms with E-state index < -0.39 is 35.0 Å². The van der Waals surface area contributed by atoms with Crippen LogP contribution in [-0.2, 0) is 6.18 Å². The van der Waals surface area contributed by atoms with Crippen LogP contribution in [0.5, 0.6) is 0 Å². The van der Waals surface area contributed by atoms with Gasteiger partial charge in [-0.15, -0.1) is 0 Å². The third-order valence-electron chi connectivity index (χ3n) is 2.64. The average molecular weight is 389 g/mol. The van der Waals surface area contributed by atoms with Gasteiger partial charge in [0, 0.05) is 22.6 Å². The summed E-state index contributed by atoms with van der Waals surface area (Å²) in [6.45, 7) is 0. The predicted molar refractivity (Wildman–Crippen MR) is 73.5 cm³/mol. The Morgan fingerprint density at radius 3 is 2.30 bits per heavy atom. The Morgan fingerprint density at radius 1 is 1.13 bits per heavy atom. The number of hydrogen-bond acceptors (Lipinski definition) is 5. The summed E-state index contributed by atoms with van der Waals surface area (Å²) in [7, 11) is 0. The number of carboxylic acids is 1. The lowest BCUT2D eigenvalue weighted by Crippen LogP contribution is -2.28. The molecule has 6 nitrogen and oxygen atoms in total. The van der Waals surface area contributed by atoms with Crippen molar-refractivity contribution in [1.29, 1.82) is 0 Å². The highest BCUT2D eigenvalue weighted by Crippen LogP contribution is 2.36. The smallest absolute Gasteiger partial charge is 0.417 e. The van der Waals surface area contributed by atoms with E-state index in [1.165, 1.54) is 6.07 Å². The van der Waals surface area contributed by atoms with Crippen LogP contribution in [0.3, 0.4) is 0 Å². The van der Waals surface area contributed by atoms with Crippen molar-refractivity contribution in [2.45, 2.75) is 6.18 Å². The molecule has 10 heteroatoms. The second-order valence-corrected chi connectivity index (χ2v) is 5.04. The summed E-state index contributed by atoms with van der Waals surface area (Å²) in [6.07, 6.45) is -2.50. The van der Waals surface area contributed by atoms with Crippen molar-refractivity contribution in [2.75, 3.05) is 5.32 Å². The highest BCUT2D eigenvalue weighted by molar-refractivity contribution is 9.10. The van der Waals surface area contributed by atoms with Gasteiger partial charge in [0.15, 0.2) is 5.69 Å². The van der Waals surface area contributed by atoms with Crippen LogP contribution in [0.25, 0.3) is 0 Å². The molecule has 120 valence electrons. The van der Waals surface area contributed by atoms with Crippen molar-refractivity contribution in [1.82, 2.24) is 9.97 Å². The Hall–Kier alpha value is -2.49. The van der Waals surface area contributed by atoms with Crippen molar-refractivity contribution in [3.05, 3.63) is 52.0 Å². The zero-order valence-corrected chi connectivity index (χ0v) is 12.6. The molecule has 0 bridgehead atoms. The molecule has 0 aliphatic rings. The fourth-order valence-corrected chi connectivity index (χ4v) is 2.14. The number of anilines is 1. The second-order valence-electron chi connectivity index (χ2n) is 4.19. The molecular formula is C13H6BrF3N3O3-. The number of carbonyl (C=O) groups is 2. The van der Waals surface area contributed by atoms with Crippen molar-refractivity contribution < 1.29 is 27.9 Å². The standard InChI is InChI=1S/C13H7BrF3N3O3/c14-8-2-1-6(5-7(8)13(15,16)17)20-11(21)9-10(12(22)23)19-4-3-18-9/h1-5H,(H,20,21)(H,22,23)/p-1. The summed E-state index contributed by atoms with van der Waals surface area (Å²) in [5, 5.41) is 13.0. The number of nitrogens with zero attached hydrogens (tertiary/aromatic N) is 2. The molecule has 0 fully saturated rings. The maximum atomic E-state index is 12.8. The molecule has 0 saturated heterocycles. The molecule has 1 aromatic heterocycles. The summed E-state index contributed by atoms with van der Waals surface area (Å²) in [5.74, 6) is -2.75. The SMILES string of the molecule is O=C([O-])c1nccnc1C(=O)Nc1ccc(Br)c(C(F)(F)F)c1. The van der Waals surface area contributed by atoms with Crippen LogP contribution >= 0.6 is 15.9 Å². The van der Waals surface area contributed by atoms with Gasteiger partial charge in [0.1, 0.15) is 5.69 Å². The van der Waals surface area contributed by atoms with Crippen LogP contribution < -0.4 is 10.4 Å². The normalized spacial score (nSPS) is 11.1. The molecule has 0 atom stereocenters. The van der Waals surface area contributed by atoms with E-state index in [-0.39, 0.29) is 10.2 Å². The maximum Gasteiger partial charge on any atom is 0.417 e. The Bertz CT molecular complexity index is 781. The molecule has 0 saturated carbocycles. The number of aromatic carboxylic acids is 1. The molecule has 23 heavy (non-hydrogen) atoms. The number of halogens is 4. The molecule has 0 spiro atoms. The molecule has 0 unspecified atom stereocenters. The highest BCUT2D eigenvalue weighted by Gasteiger charge is 2.33. The van der Waals surface area contributed by atoms with Gasteiger partial charge in [-0.25, -0.2) is 4.98 Å². The van der Waals surface area contributed by atoms with E-state index in [1.807, 2.05) is 0 Å². The van der Waals surface area contributed by atoms with Crippen molar-refractivity contribution in [3.8, 4) is 0 Å². The third kappa shape index (κ3) is 3.83. The van der Waals surface area contributed by atoms with Crippen LogP contribution in [0.2, 0.25) is 0 Å². The van der Waals surface area contributed by atoms with E-state index in [0.29, 0.717) is 6.07 Å². The minimum atomic E-state index is -4.62. The summed E-state index contributed by atoms with van der Waals surface area (Å²) in [4.78, 5) is 29.8. The molecule has 2 aromatic rings. The lowest BCUT2D eigenvalue weighted by molar-refractivity contribution is -0.255. The van der Waals surface area contributed by atoms with Crippen molar-refractivity contribution >= 4 is 33.5 Å². The van der Waals surface area contributed by atoms with Gasteiger partial charge in [0.2, 0.25) is 0 Å². The largest absolute Gasteiger partial charge is 0.543 e. The topological polar surface area (TPSA) is 95.0 Å². The first-order valence-corrected chi connectivity index (χ1v) is 6.70. The Kier molecular flexibility index (Phi) is 4.64. The van der Waals surface area contributed by atoms with E-state index in [9.17, 15) is 27.9 Å². The van der Waals surface area contributed by atoms with Gasteiger partial charge in [0.25, 0.3) is 5.91 Å². The van der Waals surface area contributed by atoms with E-state index in [1.54, 1.807) is 0 Å². The van der Waals surface area contributed by atoms with Gasteiger partial charge in [-0.3, -0.25) is 9.78 Å². The quantitative estimate of drug-likeness (QED) is 0.865. The lowest BCUT2D eigenvalue weighted by Gasteiger charge is -2.12. The molecule has 1 amide bonds. The number of rotatable bonds is 3. The first-order valence-electron chi connectivity index (χ1n) is 5.90. The van der Waals surface area contributed by atoms with Gasteiger partial charge >= 0.3 is 6.18 Å². The fraction of sp³-hybridized carbons (Fsp3) is 0.0769. The first kappa shape index (κ1) is 16.9. The van der Waals surface area contributed by atoms with E-state index in [0.717, 1.165) is 18.5 Å². The Morgan fingerprint density at radius 2 is 1.74 bits per heavy atom. The zero-order chi connectivity index (χ0) is 17.2. The number of amides is 1. The van der Waals surface area contributed by atoms with Gasteiger partial charge in [-0.1, -0.05) is 15.9 Å². The van der Waals surface area contributed by atoms with Crippen LogP contribution in [-0.4, -0.2) is 21.8 Å². The Balaban J connectivity index is 2.34. The molecule has 1 heterocycles. The van der Waals surface area contributed by atoms with Crippen LogP contribution in [0.4, 0.5) is 18.9 Å². The molecular weight excluding hydrogens is 383 g/mol. The second kappa shape index (κ2) is 6.32.